The maximum atomic E-state index is 9.23. The number of methoxy groups -OCH3 is 1. The summed E-state index contributed by atoms with van der Waals surface area (Å²) in [6.45, 7) is 5.29. The first kappa shape index (κ1) is 16.5. The van der Waals surface area contributed by atoms with Crippen molar-refractivity contribution in [3.05, 3.63) is 65.2 Å². The zero-order valence-corrected chi connectivity index (χ0v) is 13.5. The summed E-state index contributed by atoms with van der Waals surface area (Å²) in [7, 11) is 1.71. The summed E-state index contributed by atoms with van der Waals surface area (Å²) in [5.41, 5.74) is 3.36. The van der Waals surface area contributed by atoms with Crippen LogP contribution < -0.4 is 10.1 Å². The number of hydrogen-bond donors (Lipinski definition) is 2. The summed E-state index contributed by atoms with van der Waals surface area (Å²) in [6, 6.07) is 16.5. The average molecular weight is 299 g/mol. The highest BCUT2D eigenvalue weighted by atomic mass is 16.5. The van der Waals surface area contributed by atoms with Gasteiger partial charge in [0.25, 0.3) is 0 Å². The first-order chi connectivity index (χ1) is 10.7. The van der Waals surface area contributed by atoms with E-state index in [1.165, 1.54) is 11.1 Å². The van der Waals surface area contributed by atoms with E-state index in [4.69, 9.17) is 4.74 Å². The lowest BCUT2D eigenvalue weighted by atomic mass is 9.99. The van der Waals surface area contributed by atoms with Crippen LogP contribution in [0, 0.1) is 0 Å². The Morgan fingerprint density at radius 2 is 1.86 bits per heavy atom. The van der Waals surface area contributed by atoms with Gasteiger partial charge in [-0.25, -0.2) is 0 Å². The molecule has 0 saturated heterocycles. The molecule has 0 heterocycles. The fraction of sp³-hybridized carbons (Fsp3) is 0.368. The van der Waals surface area contributed by atoms with E-state index in [1.54, 1.807) is 7.11 Å². The molecule has 2 aromatic rings. The molecule has 0 saturated carbocycles. The third kappa shape index (κ3) is 4.09. The van der Waals surface area contributed by atoms with E-state index >= 15 is 0 Å². The molecule has 0 aliphatic rings. The molecule has 2 unspecified atom stereocenters. The van der Waals surface area contributed by atoms with Crippen molar-refractivity contribution >= 4 is 0 Å². The fourth-order valence-corrected chi connectivity index (χ4v) is 2.62. The lowest BCUT2D eigenvalue weighted by molar-refractivity contribution is 0.281. The topological polar surface area (TPSA) is 41.5 Å². The highest BCUT2D eigenvalue weighted by molar-refractivity contribution is 5.36. The molecule has 3 nitrogen and oxygen atoms in total. The zero-order valence-electron chi connectivity index (χ0n) is 13.5. The molecule has 0 bridgehead atoms. The SMILES string of the molecule is COc1ccccc1C(C)CNC(C)c1cccc(CO)c1. The maximum Gasteiger partial charge on any atom is 0.122 e. The molecular weight excluding hydrogens is 274 g/mol. The van der Waals surface area contributed by atoms with Crippen LogP contribution in [0.15, 0.2) is 48.5 Å². The number of hydrogen-bond acceptors (Lipinski definition) is 3. The Hall–Kier alpha value is -1.84. The molecule has 2 atom stereocenters. The van der Waals surface area contributed by atoms with Crippen molar-refractivity contribution in [3.8, 4) is 5.75 Å². The normalized spacial score (nSPS) is 13.6. The Morgan fingerprint density at radius 1 is 1.09 bits per heavy atom. The molecule has 0 radical (unpaired) electrons. The van der Waals surface area contributed by atoms with Crippen LogP contribution in [0.25, 0.3) is 0 Å². The van der Waals surface area contributed by atoms with Gasteiger partial charge >= 0.3 is 0 Å². The Bertz CT molecular complexity index is 597. The van der Waals surface area contributed by atoms with E-state index in [0.29, 0.717) is 5.92 Å². The van der Waals surface area contributed by atoms with Crippen LogP contribution in [0.4, 0.5) is 0 Å². The standard InChI is InChI=1S/C19H25NO2/c1-14(18-9-4-5-10-19(18)22-3)12-20-15(2)17-8-6-7-16(11-17)13-21/h4-11,14-15,20-21H,12-13H2,1-3H3. The van der Waals surface area contributed by atoms with Crippen molar-refractivity contribution in [3.63, 3.8) is 0 Å². The van der Waals surface area contributed by atoms with E-state index in [0.717, 1.165) is 17.9 Å². The Morgan fingerprint density at radius 3 is 2.59 bits per heavy atom. The highest BCUT2D eigenvalue weighted by Gasteiger charge is 2.13. The molecule has 0 aliphatic carbocycles. The lowest BCUT2D eigenvalue weighted by Gasteiger charge is -2.20. The van der Waals surface area contributed by atoms with Crippen molar-refractivity contribution in [2.45, 2.75) is 32.4 Å². The predicted molar refractivity (Wildman–Crippen MR) is 90.2 cm³/mol. The van der Waals surface area contributed by atoms with E-state index in [-0.39, 0.29) is 12.6 Å². The van der Waals surface area contributed by atoms with Gasteiger partial charge in [0.05, 0.1) is 13.7 Å². The molecule has 0 aliphatic heterocycles. The van der Waals surface area contributed by atoms with Gasteiger partial charge in [-0.15, -0.1) is 0 Å². The van der Waals surface area contributed by atoms with Gasteiger partial charge in [0, 0.05) is 12.6 Å². The van der Waals surface area contributed by atoms with Crippen molar-refractivity contribution in [2.24, 2.45) is 0 Å². The molecule has 2 aromatic carbocycles. The van der Waals surface area contributed by atoms with Crippen molar-refractivity contribution < 1.29 is 9.84 Å². The molecule has 118 valence electrons. The number of aliphatic hydroxyl groups is 1. The lowest BCUT2D eigenvalue weighted by Crippen LogP contribution is -2.24. The molecule has 2 rings (SSSR count). The van der Waals surface area contributed by atoms with E-state index < -0.39 is 0 Å². The minimum absolute atomic E-state index is 0.0815. The third-order valence-electron chi connectivity index (χ3n) is 4.03. The van der Waals surface area contributed by atoms with Crippen LogP contribution in [-0.4, -0.2) is 18.8 Å². The monoisotopic (exact) mass is 299 g/mol. The summed E-state index contributed by atoms with van der Waals surface area (Å²) in [5, 5.41) is 12.8. The van der Waals surface area contributed by atoms with Crippen LogP contribution in [0.5, 0.6) is 5.75 Å². The third-order valence-corrected chi connectivity index (χ3v) is 4.03. The van der Waals surface area contributed by atoms with Crippen molar-refractivity contribution in [1.82, 2.24) is 5.32 Å². The van der Waals surface area contributed by atoms with Gasteiger partial charge in [-0.3, -0.25) is 0 Å². The first-order valence-electron chi connectivity index (χ1n) is 7.71. The number of aliphatic hydroxyl groups excluding tert-OH is 1. The summed E-state index contributed by atoms with van der Waals surface area (Å²) in [5.74, 6) is 1.30. The molecule has 0 aromatic heterocycles. The average Bonchev–Trinajstić information content (AvgIpc) is 2.59. The second kappa shape index (κ2) is 7.97. The number of rotatable bonds is 7. The van der Waals surface area contributed by atoms with Gasteiger partial charge in [0.1, 0.15) is 5.75 Å². The molecule has 2 N–H and O–H groups in total. The van der Waals surface area contributed by atoms with E-state index in [2.05, 4.69) is 31.3 Å². The van der Waals surface area contributed by atoms with Gasteiger partial charge in [-0.1, -0.05) is 49.4 Å². The largest absolute Gasteiger partial charge is 0.496 e. The van der Waals surface area contributed by atoms with Crippen molar-refractivity contribution in [1.29, 1.82) is 0 Å². The molecule has 22 heavy (non-hydrogen) atoms. The number of benzene rings is 2. The van der Waals surface area contributed by atoms with Gasteiger partial charge in [-0.2, -0.15) is 0 Å². The van der Waals surface area contributed by atoms with Crippen molar-refractivity contribution in [2.75, 3.05) is 13.7 Å². The van der Waals surface area contributed by atoms with Crippen LogP contribution in [-0.2, 0) is 6.61 Å². The Kier molecular flexibility index (Phi) is 5.99. The number of nitrogens with one attached hydrogen (secondary N) is 1. The van der Waals surface area contributed by atoms with E-state index in [9.17, 15) is 5.11 Å². The zero-order chi connectivity index (χ0) is 15.9. The van der Waals surface area contributed by atoms with Gasteiger partial charge in [-0.05, 0) is 35.6 Å². The molecule has 0 spiro atoms. The maximum absolute atomic E-state index is 9.23. The second-order valence-electron chi connectivity index (χ2n) is 5.68. The Balaban J connectivity index is 1.99. The Labute approximate surface area is 133 Å². The van der Waals surface area contributed by atoms with Crippen LogP contribution in [0.3, 0.4) is 0 Å². The summed E-state index contributed by atoms with van der Waals surface area (Å²) >= 11 is 0. The van der Waals surface area contributed by atoms with Crippen LogP contribution in [0.1, 0.15) is 42.5 Å². The van der Waals surface area contributed by atoms with Gasteiger partial charge in [0.2, 0.25) is 0 Å². The van der Waals surface area contributed by atoms with E-state index in [1.807, 2.05) is 36.4 Å². The molecule has 0 fully saturated rings. The second-order valence-corrected chi connectivity index (χ2v) is 5.68. The number of ether oxygens (including phenoxy) is 1. The first-order valence-corrected chi connectivity index (χ1v) is 7.71. The van der Waals surface area contributed by atoms with Crippen LogP contribution in [0.2, 0.25) is 0 Å². The minimum Gasteiger partial charge on any atom is -0.496 e. The summed E-state index contributed by atoms with van der Waals surface area (Å²) in [4.78, 5) is 0. The predicted octanol–water partition coefficient (Wildman–Crippen LogP) is 3.64. The fourth-order valence-electron chi connectivity index (χ4n) is 2.62. The molecule has 0 amide bonds. The molecule has 3 heteroatoms. The summed E-state index contributed by atoms with van der Waals surface area (Å²) < 4.78 is 5.43. The quantitative estimate of drug-likeness (QED) is 0.820. The number of para-hydroxylation sites is 1. The van der Waals surface area contributed by atoms with Gasteiger partial charge < -0.3 is 15.2 Å². The minimum atomic E-state index is 0.0815. The van der Waals surface area contributed by atoms with Gasteiger partial charge in [0.15, 0.2) is 0 Å². The summed E-state index contributed by atoms with van der Waals surface area (Å²) in [6.07, 6.45) is 0. The van der Waals surface area contributed by atoms with Crippen LogP contribution >= 0.6 is 0 Å². The smallest absolute Gasteiger partial charge is 0.122 e. The highest BCUT2D eigenvalue weighted by Crippen LogP contribution is 2.26. The molecular formula is C19H25NO2.